The minimum Gasteiger partial charge on any atom is -0.475 e. The molecule has 1 aromatic rings. The minimum absolute atomic E-state index is 0.0228. The molecule has 0 aromatic carbocycles. The normalized spacial score (nSPS) is 20.2. The fourth-order valence-electron chi connectivity index (χ4n) is 2.90. The van der Waals surface area contributed by atoms with E-state index in [9.17, 15) is 9.59 Å². The van der Waals surface area contributed by atoms with Crippen LogP contribution in [0.5, 0.6) is 5.88 Å². The van der Waals surface area contributed by atoms with Crippen molar-refractivity contribution >= 4 is 11.8 Å². The Bertz CT molecular complexity index is 613. The number of methoxy groups -OCH3 is 1. The van der Waals surface area contributed by atoms with Crippen LogP contribution in [0.1, 0.15) is 26.3 Å². The predicted molar refractivity (Wildman–Crippen MR) is 92.9 cm³/mol. The summed E-state index contributed by atoms with van der Waals surface area (Å²) in [6.45, 7) is 7.89. The van der Waals surface area contributed by atoms with E-state index < -0.39 is 5.92 Å². The molecule has 1 aliphatic heterocycles. The van der Waals surface area contributed by atoms with E-state index in [4.69, 9.17) is 9.47 Å². The maximum Gasteiger partial charge on any atom is 0.233 e. The highest BCUT2D eigenvalue weighted by atomic mass is 16.5. The second kappa shape index (κ2) is 8.29. The lowest BCUT2D eigenvalue weighted by molar-refractivity contribution is -0.135. The van der Waals surface area contributed by atoms with E-state index in [0.717, 1.165) is 5.56 Å². The Morgan fingerprint density at radius 2 is 2.16 bits per heavy atom. The third-order valence-electron chi connectivity index (χ3n) is 4.38. The molecule has 2 rings (SSSR count). The Kier molecular flexibility index (Phi) is 6.36. The number of carbonyl (C=O) groups excluding carboxylic acids is 2. The first-order chi connectivity index (χ1) is 11.8. The second-order valence-electron chi connectivity index (χ2n) is 7.26. The average molecular weight is 349 g/mol. The maximum absolute atomic E-state index is 12.5. The van der Waals surface area contributed by atoms with Crippen molar-refractivity contribution in [1.82, 2.24) is 15.6 Å². The molecule has 1 saturated heterocycles. The molecular formula is C18H27N3O4. The quantitative estimate of drug-likeness (QED) is 0.569. The molecule has 138 valence electrons. The van der Waals surface area contributed by atoms with Crippen LogP contribution in [0.4, 0.5) is 0 Å². The van der Waals surface area contributed by atoms with Gasteiger partial charge in [-0.2, -0.15) is 0 Å². The van der Waals surface area contributed by atoms with Crippen LogP contribution >= 0.6 is 0 Å². The standard InChI is InChI=1S/C18H27N3O4/c1-18(2,3)13-11-21-17(23)15(13)16(22)20-10-12-5-6-19-14(9-12)25-8-7-24-4/h5-6,9,13,15H,7-8,10-11H2,1-4H3,(H,20,22)(H,21,23)/t13-,15+/m0/s1. The Morgan fingerprint density at radius 1 is 1.40 bits per heavy atom. The highest BCUT2D eigenvalue weighted by Gasteiger charge is 2.45. The van der Waals surface area contributed by atoms with E-state index >= 15 is 0 Å². The molecule has 1 aromatic heterocycles. The van der Waals surface area contributed by atoms with Gasteiger partial charge < -0.3 is 20.1 Å². The summed E-state index contributed by atoms with van der Waals surface area (Å²) in [6.07, 6.45) is 1.63. The molecule has 0 unspecified atom stereocenters. The summed E-state index contributed by atoms with van der Waals surface area (Å²) in [5.41, 5.74) is 0.738. The van der Waals surface area contributed by atoms with Gasteiger partial charge in [0.2, 0.25) is 17.7 Å². The Morgan fingerprint density at radius 3 is 2.84 bits per heavy atom. The lowest BCUT2D eigenvalue weighted by atomic mass is 9.74. The van der Waals surface area contributed by atoms with Gasteiger partial charge in [-0.1, -0.05) is 20.8 Å². The zero-order valence-corrected chi connectivity index (χ0v) is 15.3. The van der Waals surface area contributed by atoms with Gasteiger partial charge >= 0.3 is 0 Å². The summed E-state index contributed by atoms with van der Waals surface area (Å²) in [6, 6.07) is 3.57. The van der Waals surface area contributed by atoms with Crippen LogP contribution in [0.25, 0.3) is 0 Å². The van der Waals surface area contributed by atoms with E-state index in [2.05, 4.69) is 15.6 Å². The molecule has 0 radical (unpaired) electrons. The van der Waals surface area contributed by atoms with Gasteiger partial charge in [-0.15, -0.1) is 0 Å². The van der Waals surface area contributed by atoms with Crippen LogP contribution in [0.3, 0.4) is 0 Å². The fourth-order valence-corrected chi connectivity index (χ4v) is 2.90. The molecule has 7 nitrogen and oxygen atoms in total. The monoisotopic (exact) mass is 349 g/mol. The molecule has 2 heterocycles. The summed E-state index contributed by atoms with van der Waals surface area (Å²) in [7, 11) is 1.60. The van der Waals surface area contributed by atoms with Crippen LogP contribution < -0.4 is 15.4 Å². The van der Waals surface area contributed by atoms with Crippen molar-refractivity contribution in [3.05, 3.63) is 23.9 Å². The number of nitrogens with one attached hydrogen (secondary N) is 2. The highest BCUT2D eigenvalue weighted by Crippen LogP contribution is 2.35. The number of aromatic nitrogens is 1. The summed E-state index contributed by atoms with van der Waals surface area (Å²) in [4.78, 5) is 28.7. The third-order valence-corrected chi connectivity index (χ3v) is 4.38. The first-order valence-electron chi connectivity index (χ1n) is 8.45. The van der Waals surface area contributed by atoms with Crippen molar-refractivity contribution in [2.45, 2.75) is 27.3 Å². The summed E-state index contributed by atoms with van der Waals surface area (Å²) in [5.74, 6) is -0.635. The SMILES string of the molecule is COCCOc1cc(CNC(=O)[C@@H]2C(=O)NC[C@@H]2C(C)(C)C)ccn1. The molecule has 7 heteroatoms. The van der Waals surface area contributed by atoms with Gasteiger partial charge in [-0.25, -0.2) is 4.98 Å². The smallest absolute Gasteiger partial charge is 0.233 e. The molecule has 2 atom stereocenters. The summed E-state index contributed by atoms with van der Waals surface area (Å²) >= 11 is 0. The average Bonchev–Trinajstić information content (AvgIpc) is 2.95. The van der Waals surface area contributed by atoms with Crippen LogP contribution in [0.2, 0.25) is 0 Å². The van der Waals surface area contributed by atoms with Gasteiger partial charge in [0.05, 0.1) is 6.61 Å². The molecule has 0 bridgehead atoms. The molecule has 25 heavy (non-hydrogen) atoms. The van der Waals surface area contributed by atoms with Gasteiger partial charge in [0, 0.05) is 38.4 Å². The number of nitrogens with zero attached hydrogens (tertiary/aromatic N) is 1. The number of ether oxygens (including phenoxy) is 2. The van der Waals surface area contributed by atoms with Crippen molar-refractivity contribution in [1.29, 1.82) is 0 Å². The highest BCUT2D eigenvalue weighted by molar-refractivity contribution is 6.02. The van der Waals surface area contributed by atoms with E-state index in [1.807, 2.05) is 20.8 Å². The molecular weight excluding hydrogens is 322 g/mol. The largest absolute Gasteiger partial charge is 0.475 e. The number of hydrogen-bond acceptors (Lipinski definition) is 5. The minimum atomic E-state index is -0.653. The maximum atomic E-state index is 12.5. The number of carbonyl (C=O) groups is 2. The Balaban J connectivity index is 1.95. The third kappa shape index (κ3) is 5.16. The predicted octanol–water partition coefficient (Wildman–Crippen LogP) is 1.13. The van der Waals surface area contributed by atoms with E-state index in [1.165, 1.54) is 0 Å². The van der Waals surface area contributed by atoms with E-state index in [-0.39, 0.29) is 23.1 Å². The summed E-state index contributed by atoms with van der Waals surface area (Å²) < 4.78 is 10.4. The van der Waals surface area contributed by atoms with Gasteiger partial charge in [0.15, 0.2) is 0 Å². The van der Waals surface area contributed by atoms with Crippen molar-refractivity contribution in [2.75, 3.05) is 26.9 Å². The Hall–Kier alpha value is -2.15. The van der Waals surface area contributed by atoms with Crippen LogP contribution in [0.15, 0.2) is 18.3 Å². The Labute approximate surface area is 148 Å². The molecule has 0 spiro atoms. The van der Waals surface area contributed by atoms with Crippen LogP contribution in [-0.4, -0.2) is 43.7 Å². The number of hydrogen-bond donors (Lipinski definition) is 2. The first kappa shape index (κ1) is 19.2. The van der Waals surface area contributed by atoms with Gasteiger partial charge in [0.1, 0.15) is 12.5 Å². The zero-order valence-electron chi connectivity index (χ0n) is 15.3. The molecule has 0 saturated carbocycles. The van der Waals surface area contributed by atoms with Crippen molar-refractivity contribution in [2.24, 2.45) is 17.3 Å². The van der Waals surface area contributed by atoms with Gasteiger partial charge in [-0.05, 0) is 17.0 Å². The molecule has 2 N–H and O–H groups in total. The second-order valence-corrected chi connectivity index (χ2v) is 7.26. The molecule has 2 amide bonds. The lowest BCUT2D eigenvalue weighted by Gasteiger charge is -2.29. The van der Waals surface area contributed by atoms with Crippen molar-refractivity contribution in [3.63, 3.8) is 0 Å². The van der Waals surface area contributed by atoms with Crippen LogP contribution in [0, 0.1) is 17.3 Å². The van der Waals surface area contributed by atoms with Crippen molar-refractivity contribution < 1.29 is 19.1 Å². The van der Waals surface area contributed by atoms with E-state index in [1.54, 1.807) is 25.4 Å². The zero-order chi connectivity index (χ0) is 18.4. The molecule has 1 aliphatic rings. The van der Waals surface area contributed by atoms with E-state index in [0.29, 0.717) is 32.2 Å². The van der Waals surface area contributed by atoms with Gasteiger partial charge in [-0.3, -0.25) is 9.59 Å². The fraction of sp³-hybridized carbons (Fsp3) is 0.611. The van der Waals surface area contributed by atoms with Gasteiger partial charge in [0.25, 0.3) is 0 Å². The first-order valence-corrected chi connectivity index (χ1v) is 8.45. The van der Waals surface area contributed by atoms with Crippen molar-refractivity contribution in [3.8, 4) is 5.88 Å². The number of rotatable bonds is 7. The topological polar surface area (TPSA) is 89.5 Å². The molecule has 1 fully saturated rings. The molecule has 0 aliphatic carbocycles. The number of pyridine rings is 1. The lowest BCUT2D eigenvalue weighted by Crippen LogP contribution is -2.40. The number of amides is 2. The van der Waals surface area contributed by atoms with Crippen LogP contribution in [-0.2, 0) is 20.9 Å². The summed E-state index contributed by atoms with van der Waals surface area (Å²) in [5, 5.41) is 5.66.